The summed E-state index contributed by atoms with van der Waals surface area (Å²) in [6, 6.07) is 7.29. The van der Waals surface area contributed by atoms with Crippen LogP contribution in [-0.2, 0) is 21.2 Å². The second-order valence-corrected chi connectivity index (χ2v) is 8.84. The van der Waals surface area contributed by atoms with Crippen molar-refractivity contribution in [2.75, 3.05) is 26.8 Å². The highest BCUT2D eigenvalue weighted by molar-refractivity contribution is 7.89. The fourth-order valence-corrected chi connectivity index (χ4v) is 5.02. The SMILES string of the molecule is COCCc1noc(-c2ccccc2OC2CN(S(=O)(=O)c3c(C)noc3C)C2)n1. The van der Waals surface area contributed by atoms with Gasteiger partial charge in [0, 0.05) is 13.5 Å². The zero-order valence-electron chi connectivity index (χ0n) is 16.9. The van der Waals surface area contributed by atoms with Crippen LogP contribution in [0.25, 0.3) is 11.5 Å². The Hall–Kier alpha value is -2.76. The zero-order valence-corrected chi connectivity index (χ0v) is 17.7. The lowest BCUT2D eigenvalue weighted by Gasteiger charge is -2.37. The summed E-state index contributed by atoms with van der Waals surface area (Å²) in [6.07, 6.45) is 0.248. The molecular weight excluding hydrogens is 412 g/mol. The van der Waals surface area contributed by atoms with Gasteiger partial charge in [0.25, 0.3) is 5.89 Å². The van der Waals surface area contributed by atoms with Gasteiger partial charge in [-0.3, -0.25) is 0 Å². The average molecular weight is 434 g/mol. The van der Waals surface area contributed by atoms with Crippen molar-refractivity contribution >= 4 is 10.0 Å². The summed E-state index contributed by atoms with van der Waals surface area (Å²) in [5, 5.41) is 7.68. The number of aromatic nitrogens is 3. The van der Waals surface area contributed by atoms with Gasteiger partial charge in [-0.2, -0.15) is 9.29 Å². The molecule has 0 saturated carbocycles. The predicted octanol–water partition coefficient (Wildman–Crippen LogP) is 1.98. The monoisotopic (exact) mass is 434 g/mol. The number of aryl methyl sites for hydroxylation is 2. The first-order valence-corrected chi connectivity index (χ1v) is 10.8. The lowest BCUT2D eigenvalue weighted by molar-refractivity contribution is 0.0764. The lowest BCUT2D eigenvalue weighted by atomic mass is 10.2. The zero-order chi connectivity index (χ0) is 21.3. The molecule has 0 amide bonds. The number of rotatable bonds is 8. The van der Waals surface area contributed by atoms with Gasteiger partial charge in [0.1, 0.15) is 22.4 Å². The second-order valence-electron chi connectivity index (χ2n) is 6.97. The van der Waals surface area contributed by atoms with Crippen LogP contribution in [0.3, 0.4) is 0 Å². The van der Waals surface area contributed by atoms with E-state index in [1.807, 2.05) is 18.2 Å². The van der Waals surface area contributed by atoms with Gasteiger partial charge in [-0.05, 0) is 26.0 Å². The van der Waals surface area contributed by atoms with Gasteiger partial charge in [-0.1, -0.05) is 22.4 Å². The molecule has 0 aliphatic carbocycles. The van der Waals surface area contributed by atoms with Crippen molar-refractivity contribution in [2.24, 2.45) is 0 Å². The van der Waals surface area contributed by atoms with Crippen LogP contribution < -0.4 is 4.74 Å². The summed E-state index contributed by atoms with van der Waals surface area (Å²) in [5.41, 5.74) is 1.00. The molecule has 0 bridgehead atoms. The number of sulfonamides is 1. The highest BCUT2D eigenvalue weighted by atomic mass is 32.2. The standard InChI is InChI=1S/C19H22N4O6S/c1-12-18(13(2)28-21-12)30(24,25)23-10-14(11-23)27-16-7-5-4-6-15(16)19-20-17(22-29-19)8-9-26-3/h4-7,14H,8-11H2,1-3H3. The Balaban J connectivity index is 1.45. The van der Waals surface area contributed by atoms with E-state index in [0.717, 1.165) is 0 Å². The molecule has 0 unspecified atom stereocenters. The van der Waals surface area contributed by atoms with Crippen molar-refractivity contribution < 1.29 is 26.9 Å². The predicted molar refractivity (Wildman–Crippen MR) is 104 cm³/mol. The minimum absolute atomic E-state index is 0.121. The van der Waals surface area contributed by atoms with Crippen molar-refractivity contribution in [3.05, 3.63) is 41.5 Å². The van der Waals surface area contributed by atoms with Crippen LogP contribution >= 0.6 is 0 Å². The van der Waals surface area contributed by atoms with Crippen LogP contribution in [0, 0.1) is 13.8 Å². The summed E-state index contributed by atoms with van der Waals surface area (Å²) in [4.78, 5) is 4.50. The van der Waals surface area contributed by atoms with Gasteiger partial charge < -0.3 is 18.5 Å². The molecule has 1 aliphatic heterocycles. The maximum absolute atomic E-state index is 12.8. The fraction of sp³-hybridized carbons (Fsp3) is 0.421. The molecule has 0 radical (unpaired) electrons. The third kappa shape index (κ3) is 3.83. The number of hydrogen-bond donors (Lipinski definition) is 0. The maximum atomic E-state index is 12.8. The van der Waals surface area contributed by atoms with Crippen molar-refractivity contribution in [2.45, 2.75) is 31.3 Å². The normalized spacial score (nSPS) is 15.3. The van der Waals surface area contributed by atoms with Crippen LogP contribution in [0.15, 0.2) is 38.2 Å². The molecule has 2 aromatic heterocycles. The molecule has 0 N–H and O–H groups in total. The van der Waals surface area contributed by atoms with E-state index in [-0.39, 0.29) is 29.8 Å². The summed E-state index contributed by atoms with van der Waals surface area (Å²) < 4.78 is 48.4. The Labute approximate surface area is 173 Å². The molecule has 1 aromatic carbocycles. The first-order valence-electron chi connectivity index (χ1n) is 9.40. The van der Waals surface area contributed by atoms with Gasteiger partial charge in [-0.15, -0.1) is 0 Å². The van der Waals surface area contributed by atoms with Crippen LogP contribution in [-0.4, -0.2) is 60.9 Å². The van der Waals surface area contributed by atoms with Gasteiger partial charge in [0.05, 0.1) is 25.3 Å². The second kappa shape index (κ2) is 8.17. The van der Waals surface area contributed by atoms with E-state index in [9.17, 15) is 8.42 Å². The quantitative estimate of drug-likeness (QED) is 0.524. The number of methoxy groups -OCH3 is 1. The summed E-state index contributed by atoms with van der Waals surface area (Å²) >= 11 is 0. The number of nitrogens with zero attached hydrogens (tertiary/aromatic N) is 4. The highest BCUT2D eigenvalue weighted by Crippen LogP contribution is 2.32. The van der Waals surface area contributed by atoms with Crippen LogP contribution in [0.5, 0.6) is 5.75 Å². The molecule has 160 valence electrons. The third-order valence-electron chi connectivity index (χ3n) is 4.79. The molecule has 11 heteroatoms. The fourth-order valence-electron chi connectivity index (χ4n) is 3.23. The van der Waals surface area contributed by atoms with Gasteiger partial charge in [0.15, 0.2) is 11.6 Å². The van der Waals surface area contributed by atoms with Gasteiger partial charge in [-0.25, -0.2) is 8.42 Å². The van der Waals surface area contributed by atoms with E-state index in [1.54, 1.807) is 27.0 Å². The minimum Gasteiger partial charge on any atom is -0.487 e. The Morgan fingerprint density at radius 1 is 1.17 bits per heavy atom. The van der Waals surface area contributed by atoms with Crippen molar-refractivity contribution in [3.8, 4) is 17.2 Å². The van der Waals surface area contributed by atoms with E-state index in [0.29, 0.717) is 41.7 Å². The molecule has 4 rings (SSSR count). The maximum Gasteiger partial charge on any atom is 0.261 e. The van der Waals surface area contributed by atoms with E-state index in [4.69, 9.17) is 18.5 Å². The molecule has 1 aliphatic rings. The molecule has 1 fully saturated rings. The van der Waals surface area contributed by atoms with Crippen molar-refractivity contribution in [3.63, 3.8) is 0 Å². The molecule has 0 atom stereocenters. The minimum atomic E-state index is -3.67. The number of ether oxygens (including phenoxy) is 2. The molecule has 30 heavy (non-hydrogen) atoms. The van der Waals surface area contributed by atoms with Crippen LogP contribution in [0.2, 0.25) is 0 Å². The Morgan fingerprint density at radius 3 is 2.63 bits per heavy atom. The molecule has 1 saturated heterocycles. The molecule has 3 heterocycles. The summed E-state index contributed by atoms with van der Waals surface area (Å²) in [7, 11) is -2.06. The molecule has 0 spiro atoms. The van der Waals surface area contributed by atoms with Gasteiger partial charge in [0.2, 0.25) is 10.0 Å². The average Bonchev–Trinajstić information content (AvgIpc) is 3.29. The smallest absolute Gasteiger partial charge is 0.261 e. The number of hydrogen-bond acceptors (Lipinski definition) is 9. The lowest BCUT2D eigenvalue weighted by Crippen LogP contribution is -2.56. The Bertz CT molecular complexity index is 1110. The van der Waals surface area contributed by atoms with E-state index < -0.39 is 10.0 Å². The van der Waals surface area contributed by atoms with E-state index in [1.165, 1.54) is 4.31 Å². The largest absolute Gasteiger partial charge is 0.487 e. The van der Waals surface area contributed by atoms with E-state index in [2.05, 4.69) is 15.3 Å². The topological polar surface area (TPSA) is 121 Å². The molecular formula is C19H22N4O6S. The molecule has 10 nitrogen and oxygen atoms in total. The Morgan fingerprint density at radius 2 is 1.93 bits per heavy atom. The van der Waals surface area contributed by atoms with Crippen molar-refractivity contribution in [1.82, 2.24) is 19.6 Å². The number of para-hydroxylation sites is 1. The van der Waals surface area contributed by atoms with Crippen LogP contribution in [0.4, 0.5) is 0 Å². The third-order valence-corrected chi connectivity index (χ3v) is 6.87. The first-order chi connectivity index (χ1) is 14.4. The van der Waals surface area contributed by atoms with Gasteiger partial charge >= 0.3 is 0 Å². The van der Waals surface area contributed by atoms with E-state index >= 15 is 0 Å². The Kier molecular flexibility index (Phi) is 5.58. The highest BCUT2D eigenvalue weighted by Gasteiger charge is 2.41. The summed E-state index contributed by atoms with van der Waals surface area (Å²) in [5.74, 6) is 1.72. The van der Waals surface area contributed by atoms with Crippen LogP contribution in [0.1, 0.15) is 17.3 Å². The number of benzene rings is 1. The first kappa shape index (κ1) is 20.5. The molecule has 3 aromatic rings. The van der Waals surface area contributed by atoms with Crippen molar-refractivity contribution in [1.29, 1.82) is 0 Å². The summed E-state index contributed by atoms with van der Waals surface area (Å²) in [6.45, 7) is 4.14.